The summed E-state index contributed by atoms with van der Waals surface area (Å²) in [7, 11) is 0. The summed E-state index contributed by atoms with van der Waals surface area (Å²) in [6.07, 6.45) is 2.03. The average molecular weight is 433 g/mol. The van der Waals surface area contributed by atoms with Crippen LogP contribution >= 0.6 is 56.7 Å². The standard InChI is InChI=1S/C13H16Br2N2.2ClH/c1-2-13(17-5-3-16-4-6-17)10-7-11(14)9-12(15)8-10;;/h2,7-9,13,16H,1,3-6H2;2*1H/t13-;;/m0../s1. The van der Waals surface area contributed by atoms with E-state index in [1.807, 2.05) is 6.08 Å². The van der Waals surface area contributed by atoms with Gasteiger partial charge < -0.3 is 5.32 Å². The van der Waals surface area contributed by atoms with Crippen LogP contribution in [0.2, 0.25) is 0 Å². The topological polar surface area (TPSA) is 15.3 Å². The third kappa shape index (κ3) is 5.37. The van der Waals surface area contributed by atoms with Gasteiger partial charge in [0.2, 0.25) is 0 Å². The van der Waals surface area contributed by atoms with Gasteiger partial charge in [-0.2, -0.15) is 0 Å². The predicted molar refractivity (Wildman–Crippen MR) is 93.7 cm³/mol. The molecule has 0 saturated carbocycles. The zero-order valence-electron chi connectivity index (χ0n) is 10.4. The van der Waals surface area contributed by atoms with E-state index in [2.05, 4.69) is 66.9 Å². The van der Waals surface area contributed by atoms with Crippen molar-refractivity contribution in [3.8, 4) is 0 Å². The molecule has 19 heavy (non-hydrogen) atoms. The van der Waals surface area contributed by atoms with E-state index in [9.17, 15) is 0 Å². The van der Waals surface area contributed by atoms with Gasteiger partial charge in [0, 0.05) is 35.1 Å². The molecule has 0 amide bonds. The monoisotopic (exact) mass is 430 g/mol. The number of halogens is 4. The molecule has 0 aliphatic carbocycles. The third-order valence-corrected chi connectivity index (χ3v) is 3.91. The number of piperazine rings is 1. The Kier molecular flexibility index (Phi) is 9.58. The van der Waals surface area contributed by atoms with Crippen molar-refractivity contribution < 1.29 is 0 Å². The van der Waals surface area contributed by atoms with Crippen molar-refractivity contribution in [1.29, 1.82) is 0 Å². The van der Waals surface area contributed by atoms with Crippen molar-refractivity contribution in [2.45, 2.75) is 6.04 Å². The Morgan fingerprint density at radius 1 is 1.11 bits per heavy atom. The van der Waals surface area contributed by atoms with Crippen molar-refractivity contribution in [2.24, 2.45) is 0 Å². The van der Waals surface area contributed by atoms with Crippen LogP contribution in [-0.4, -0.2) is 31.1 Å². The van der Waals surface area contributed by atoms with Gasteiger partial charge in [0.25, 0.3) is 0 Å². The maximum Gasteiger partial charge on any atom is 0.0530 e. The molecule has 1 N–H and O–H groups in total. The lowest BCUT2D eigenvalue weighted by molar-refractivity contribution is 0.203. The number of benzene rings is 1. The molecule has 108 valence electrons. The van der Waals surface area contributed by atoms with Crippen LogP contribution in [0.5, 0.6) is 0 Å². The molecule has 1 fully saturated rings. The van der Waals surface area contributed by atoms with Crippen molar-refractivity contribution in [3.63, 3.8) is 0 Å². The molecule has 0 radical (unpaired) electrons. The molecule has 0 spiro atoms. The zero-order valence-corrected chi connectivity index (χ0v) is 15.2. The molecule has 1 saturated heterocycles. The van der Waals surface area contributed by atoms with Crippen molar-refractivity contribution in [3.05, 3.63) is 45.4 Å². The molecule has 1 aliphatic rings. The molecular weight excluding hydrogens is 415 g/mol. The van der Waals surface area contributed by atoms with Crippen LogP contribution in [-0.2, 0) is 0 Å². The smallest absolute Gasteiger partial charge is 0.0530 e. The number of nitrogens with zero attached hydrogens (tertiary/aromatic N) is 1. The fourth-order valence-corrected chi connectivity index (χ4v) is 3.53. The fraction of sp³-hybridized carbons (Fsp3) is 0.385. The molecular formula is C13H18Br2Cl2N2. The lowest BCUT2D eigenvalue weighted by Crippen LogP contribution is -2.44. The summed E-state index contributed by atoms with van der Waals surface area (Å²) in [6.45, 7) is 8.23. The largest absolute Gasteiger partial charge is 0.314 e. The quantitative estimate of drug-likeness (QED) is 0.720. The van der Waals surface area contributed by atoms with E-state index in [1.54, 1.807) is 0 Å². The van der Waals surface area contributed by atoms with Gasteiger partial charge in [-0.3, -0.25) is 4.90 Å². The summed E-state index contributed by atoms with van der Waals surface area (Å²) in [5.74, 6) is 0. The Bertz CT molecular complexity index is 389. The van der Waals surface area contributed by atoms with Gasteiger partial charge in [0.05, 0.1) is 6.04 Å². The van der Waals surface area contributed by atoms with Gasteiger partial charge in [-0.15, -0.1) is 31.4 Å². The molecule has 0 aromatic heterocycles. The van der Waals surface area contributed by atoms with Crippen LogP contribution in [0.4, 0.5) is 0 Å². The first-order valence-electron chi connectivity index (χ1n) is 5.74. The summed E-state index contributed by atoms with van der Waals surface area (Å²) >= 11 is 7.08. The zero-order chi connectivity index (χ0) is 12.3. The summed E-state index contributed by atoms with van der Waals surface area (Å²) < 4.78 is 2.20. The maximum absolute atomic E-state index is 3.98. The minimum absolute atomic E-state index is 0. The number of hydrogen-bond acceptors (Lipinski definition) is 2. The van der Waals surface area contributed by atoms with Crippen LogP contribution in [0.15, 0.2) is 39.8 Å². The normalized spacial score (nSPS) is 16.9. The second-order valence-corrected chi connectivity index (χ2v) is 6.00. The van der Waals surface area contributed by atoms with E-state index in [0.717, 1.165) is 35.1 Å². The number of rotatable bonds is 3. The van der Waals surface area contributed by atoms with Gasteiger partial charge in [-0.05, 0) is 23.8 Å². The van der Waals surface area contributed by atoms with Crippen LogP contribution < -0.4 is 5.32 Å². The first-order valence-corrected chi connectivity index (χ1v) is 7.32. The van der Waals surface area contributed by atoms with Gasteiger partial charge in [0.15, 0.2) is 0 Å². The van der Waals surface area contributed by atoms with Crippen LogP contribution in [0.25, 0.3) is 0 Å². The predicted octanol–water partition coefficient (Wildman–Crippen LogP) is 4.19. The lowest BCUT2D eigenvalue weighted by Gasteiger charge is -2.33. The summed E-state index contributed by atoms with van der Waals surface area (Å²) in [5, 5.41) is 3.37. The molecule has 2 nitrogen and oxygen atoms in total. The number of hydrogen-bond donors (Lipinski definition) is 1. The van der Waals surface area contributed by atoms with Crippen LogP contribution in [0, 0.1) is 0 Å². The molecule has 1 aromatic carbocycles. The minimum atomic E-state index is 0. The van der Waals surface area contributed by atoms with Gasteiger partial charge in [-0.25, -0.2) is 0 Å². The summed E-state index contributed by atoms with van der Waals surface area (Å²) in [4.78, 5) is 2.46. The first-order chi connectivity index (χ1) is 8.20. The Hall–Kier alpha value is 0.420. The molecule has 0 unspecified atom stereocenters. The van der Waals surface area contributed by atoms with E-state index in [0.29, 0.717) is 6.04 Å². The Morgan fingerprint density at radius 2 is 1.63 bits per heavy atom. The van der Waals surface area contributed by atoms with Crippen molar-refractivity contribution in [1.82, 2.24) is 10.2 Å². The molecule has 1 heterocycles. The first kappa shape index (κ1) is 19.4. The lowest BCUT2D eigenvalue weighted by atomic mass is 10.0. The van der Waals surface area contributed by atoms with E-state index in [-0.39, 0.29) is 24.8 Å². The second-order valence-electron chi connectivity index (χ2n) is 4.17. The Morgan fingerprint density at radius 3 is 2.11 bits per heavy atom. The van der Waals surface area contributed by atoms with Gasteiger partial charge in [-0.1, -0.05) is 37.9 Å². The maximum atomic E-state index is 3.98. The van der Waals surface area contributed by atoms with Crippen LogP contribution in [0.3, 0.4) is 0 Å². The minimum Gasteiger partial charge on any atom is -0.314 e. The van der Waals surface area contributed by atoms with Crippen molar-refractivity contribution >= 4 is 56.7 Å². The van der Waals surface area contributed by atoms with E-state index in [1.165, 1.54) is 5.56 Å². The molecule has 2 rings (SSSR count). The Balaban J connectivity index is 0.00000162. The van der Waals surface area contributed by atoms with E-state index >= 15 is 0 Å². The number of nitrogens with one attached hydrogen (secondary N) is 1. The highest BCUT2D eigenvalue weighted by Crippen LogP contribution is 2.28. The highest BCUT2D eigenvalue weighted by molar-refractivity contribution is 9.11. The molecule has 6 heteroatoms. The molecule has 0 bridgehead atoms. The van der Waals surface area contributed by atoms with Gasteiger partial charge in [0.1, 0.15) is 0 Å². The highest BCUT2D eigenvalue weighted by atomic mass is 79.9. The second kappa shape index (κ2) is 9.37. The molecule has 1 atom stereocenters. The highest BCUT2D eigenvalue weighted by Gasteiger charge is 2.19. The van der Waals surface area contributed by atoms with Crippen molar-refractivity contribution in [2.75, 3.05) is 26.2 Å². The van der Waals surface area contributed by atoms with Crippen LogP contribution in [0.1, 0.15) is 11.6 Å². The molecule has 1 aliphatic heterocycles. The van der Waals surface area contributed by atoms with Gasteiger partial charge >= 0.3 is 0 Å². The SMILES string of the molecule is C=C[C@@H](c1cc(Br)cc(Br)c1)N1CCNCC1.Cl.Cl. The van der Waals surface area contributed by atoms with E-state index < -0.39 is 0 Å². The Labute approximate surface area is 144 Å². The third-order valence-electron chi connectivity index (χ3n) is 2.99. The van der Waals surface area contributed by atoms with E-state index in [4.69, 9.17) is 0 Å². The summed E-state index contributed by atoms with van der Waals surface area (Å²) in [6, 6.07) is 6.69. The fourth-order valence-electron chi connectivity index (χ4n) is 2.20. The summed E-state index contributed by atoms with van der Waals surface area (Å²) in [5.41, 5.74) is 1.28. The average Bonchev–Trinajstić information content (AvgIpc) is 2.30. The molecule has 1 aromatic rings.